The summed E-state index contributed by atoms with van der Waals surface area (Å²) in [5.74, 6) is 1.03. The van der Waals surface area contributed by atoms with Crippen LogP contribution in [0.3, 0.4) is 0 Å². The van der Waals surface area contributed by atoms with Gasteiger partial charge in [-0.1, -0.05) is 6.07 Å². The predicted octanol–water partition coefficient (Wildman–Crippen LogP) is 4.25. The van der Waals surface area contributed by atoms with Crippen LogP contribution < -0.4 is 10.5 Å². The third-order valence-electron chi connectivity index (χ3n) is 2.89. The van der Waals surface area contributed by atoms with Gasteiger partial charge in [-0.25, -0.2) is 4.39 Å². The lowest BCUT2D eigenvalue weighted by Gasteiger charge is -2.14. The fourth-order valence-electron chi connectivity index (χ4n) is 2.09. The molecule has 0 aliphatic rings. The molecule has 0 spiro atoms. The molecule has 0 heterocycles. The van der Waals surface area contributed by atoms with E-state index in [9.17, 15) is 4.39 Å². The van der Waals surface area contributed by atoms with Crippen LogP contribution in [0.2, 0.25) is 0 Å². The predicted molar refractivity (Wildman–Crippen MR) is 75.0 cm³/mol. The first-order valence-electron chi connectivity index (χ1n) is 6.27. The summed E-state index contributed by atoms with van der Waals surface area (Å²) in [7, 11) is 0. The van der Waals surface area contributed by atoms with E-state index in [4.69, 9.17) is 10.5 Å². The van der Waals surface area contributed by atoms with Crippen LogP contribution in [0.5, 0.6) is 11.5 Å². The van der Waals surface area contributed by atoms with Crippen LogP contribution in [-0.2, 0) is 0 Å². The number of rotatable bonds is 3. The number of hydrogen-bond acceptors (Lipinski definition) is 2. The molecule has 0 fully saturated rings. The molecule has 0 unspecified atom stereocenters. The molecule has 0 aliphatic carbocycles. The van der Waals surface area contributed by atoms with E-state index >= 15 is 0 Å². The first kappa shape index (κ1) is 13.6. The van der Waals surface area contributed by atoms with E-state index in [1.807, 2.05) is 32.9 Å². The molecule has 2 nitrogen and oxygen atoms in total. The quantitative estimate of drug-likeness (QED) is 0.894. The molecule has 3 heteroatoms. The molecule has 19 heavy (non-hydrogen) atoms. The SMILES string of the molecule is Cc1cc(C)cc(Oc2ccc(F)cc2[C@@H](C)N)c1. The first-order valence-corrected chi connectivity index (χ1v) is 6.27. The van der Waals surface area contributed by atoms with Crippen molar-refractivity contribution in [3.63, 3.8) is 0 Å². The molecule has 0 amide bonds. The lowest BCUT2D eigenvalue weighted by atomic mass is 10.1. The van der Waals surface area contributed by atoms with E-state index in [2.05, 4.69) is 6.07 Å². The minimum absolute atomic E-state index is 0.281. The molecule has 2 rings (SSSR count). The zero-order chi connectivity index (χ0) is 14.0. The highest BCUT2D eigenvalue weighted by Gasteiger charge is 2.10. The standard InChI is InChI=1S/C16H18FNO/c1-10-6-11(2)8-14(7-10)19-16-5-4-13(17)9-15(16)12(3)18/h4-9,12H,18H2,1-3H3/t12-/m1/s1. The van der Waals surface area contributed by atoms with Gasteiger partial charge >= 0.3 is 0 Å². The zero-order valence-electron chi connectivity index (χ0n) is 11.4. The van der Waals surface area contributed by atoms with Gasteiger partial charge in [0, 0.05) is 11.6 Å². The summed E-state index contributed by atoms with van der Waals surface area (Å²) in [4.78, 5) is 0. The molecule has 0 bridgehead atoms. The van der Waals surface area contributed by atoms with E-state index in [0.29, 0.717) is 11.3 Å². The topological polar surface area (TPSA) is 35.2 Å². The second-order valence-electron chi connectivity index (χ2n) is 4.90. The number of ether oxygens (including phenoxy) is 1. The maximum absolute atomic E-state index is 13.3. The van der Waals surface area contributed by atoms with Crippen LogP contribution in [0, 0.1) is 19.7 Å². The number of nitrogens with two attached hydrogens (primary N) is 1. The number of aryl methyl sites for hydroxylation is 2. The van der Waals surface area contributed by atoms with Crippen LogP contribution in [0.15, 0.2) is 36.4 Å². The second-order valence-corrected chi connectivity index (χ2v) is 4.90. The normalized spacial score (nSPS) is 12.3. The lowest BCUT2D eigenvalue weighted by molar-refractivity contribution is 0.468. The molecule has 2 N–H and O–H groups in total. The van der Waals surface area contributed by atoms with Gasteiger partial charge in [-0.05, 0) is 62.2 Å². The van der Waals surface area contributed by atoms with Gasteiger partial charge < -0.3 is 10.5 Å². The molecule has 100 valence electrons. The van der Waals surface area contributed by atoms with Crippen molar-refractivity contribution < 1.29 is 9.13 Å². The van der Waals surface area contributed by atoms with E-state index in [0.717, 1.165) is 16.9 Å². The molecule has 0 radical (unpaired) electrons. The first-order chi connectivity index (χ1) is 8.95. The van der Waals surface area contributed by atoms with Crippen molar-refractivity contribution >= 4 is 0 Å². The fraction of sp³-hybridized carbons (Fsp3) is 0.250. The van der Waals surface area contributed by atoms with Gasteiger partial charge in [-0.3, -0.25) is 0 Å². The maximum atomic E-state index is 13.3. The van der Waals surface area contributed by atoms with Crippen LogP contribution in [0.1, 0.15) is 29.7 Å². The smallest absolute Gasteiger partial charge is 0.132 e. The van der Waals surface area contributed by atoms with E-state index in [1.165, 1.54) is 12.1 Å². The zero-order valence-corrected chi connectivity index (χ0v) is 11.4. The summed E-state index contributed by atoms with van der Waals surface area (Å²) in [5, 5.41) is 0. The molecule has 0 aromatic heterocycles. The molecular formula is C16H18FNO. The van der Waals surface area contributed by atoms with Gasteiger partial charge in [-0.15, -0.1) is 0 Å². The molecule has 0 saturated carbocycles. The third kappa shape index (κ3) is 3.32. The van der Waals surface area contributed by atoms with Crippen LogP contribution in [0.4, 0.5) is 4.39 Å². The van der Waals surface area contributed by atoms with Crippen molar-refractivity contribution in [1.29, 1.82) is 0 Å². The molecule has 0 aliphatic heterocycles. The average Bonchev–Trinajstić information content (AvgIpc) is 2.30. The van der Waals surface area contributed by atoms with E-state index in [-0.39, 0.29) is 11.9 Å². The van der Waals surface area contributed by atoms with Gasteiger partial charge in [0.1, 0.15) is 17.3 Å². The Hall–Kier alpha value is -1.87. The monoisotopic (exact) mass is 259 g/mol. The Balaban J connectivity index is 2.37. The number of benzene rings is 2. The van der Waals surface area contributed by atoms with Crippen LogP contribution in [-0.4, -0.2) is 0 Å². The largest absolute Gasteiger partial charge is 0.457 e. The Morgan fingerprint density at radius 1 is 1.05 bits per heavy atom. The molecule has 2 aromatic carbocycles. The number of halogens is 1. The van der Waals surface area contributed by atoms with Crippen molar-refractivity contribution in [2.75, 3.05) is 0 Å². The highest BCUT2D eigenvalue weighted by molar-refractivity contribution is 5.41. The third-order valence-corrected chi connectivity index (χ3v) is 2.89. The summed E-state index contributed by atoms with van der Waals surface area (Å²) < 4.78 is 19.1. The lowest BCUT2D eigenvalue weighted by Crippen LogP contribution is -2.07. The maximum Gasteiger partial charge on any atom is 0.132 e. The Morgan fingerprint density at radius 2 is 1.68 bits per heavy atom. The van der Waals surface area contributed by atoms with Gasteiger partial charge in [0.2, 0.25) is 0 Å². The Bertz CT molecular complexity index is 573. The summed E-state index contributed by atoms with van der Waals surface area (Å²) in [6.07, 6.45) is 0. The van der Waals surface area contributed by atoms with Crippen LogP contribution >= 0.6 is 0 Å². The molecule has 1 atom stereocenters. The molecule has 2 aromatic rings. The van der Waals surface area contributed by atoms with Gasteiger partial charge in [0.05, 0.1) is 0 Å². The van der Waals surface area contributed by atoms with Crippen LogP contribution in [0.25, 0.3) is 0 Å². The van der Waals surface area contributed by atoms with E-state index < -0.39 is 0 Å². The van der Waals surface area contributed by atoms with Crippen molar-refractivity contribution in [1.82, 2.24) is 0 Å². The fourth-order valence-corrected chi connectivity index (χ4v) is 2.09. The van der Waals surface area contributed by atoms with Gasteiger partial charge in [-0.2, -0.15) is 0 Å². The summed E-state index contributed by atoms with van der Waals surface area (Å²) in [6.45, 7) is 5.83. The van der Waals surface area contributed by atoms with Crippen molar-refractivity contribution in [2.45, 2.75) is 26.8 Å². The summed E-state index contributed by atoms with van der Waals surface area (Å²) >= 11 is 0. The average molecular weight is 259 g/mol. The van der Waals surface area contributed by atoms with Gasteiger partial charge in [0.25, 0.3) is 0 Å². The Kier molecular flexibility index (Phi) is 3.86. The van der Waals surface area contributed by atoms with Crippen molar-refractivity contribution in [3.8, 4) is 11.5 Å². The Morgan fingerprint density at radius 3 is 2.26 bits per heavy atom. The van der Waals surface area contributed by atoms with Crippen molar-refractivity contribution in [3.05, 3.63) is 58.9 Å². The molecule has 0 saturated heterocycles. The second kappa shape index (κ2) is 5.41. The minimum Gasteiger partial charge on any atom is -0.457 e. The summed E-state index contributed by atoms with van der Waals surface area (Å²) in [6, 6.07) is 10.1. The number of hydrogen-bond donors (Lipinski definition) is 1. The van der Waals surface area contributed by atoms with Gasteiger partial charge in [0.15, 0.2) is 0 Å². The summed E-state index contributed by atoms with van der Waals surface area (Å²) in [5.41, 5.74) is 8.77. The highest BCUT2D eigenvalue weighted by atomic mass is 19.1. The Labute approximate surface area is 113 Å². The highest BCUT2D eigenvalue weighted by Crippen LogP contribution is 2.30. The van der Waals surface area contributed by atoms with Crippen molar-refractivity contribution in [2.24, 2.45) is 5.73 Å². The van der Waals surface area contributed by atoms with E-state index in [1.54, 1.807) is 6.07 Å². The minimum atomic E-state index is -0.305. The molecular weight excluding hydrogens is 241 g/mol.